The van der Waals surface area contributed by atoms with Crippen LogP contribution < -0.4 is 24.2 Å². The molecule has 3 aromatic carbocycles. The van der Waals surface area contributed by atoms with Crippen molar-refractivity contribution in [1.82, 2.24) is 0 Å². The van der Waals surface area contributed by atoms with Gasteiger partial charge in [-0.05, 0) is 50.0 Å². The number of carbonyl (C=O) groups is 1. The molecule has 0 heterocycles. The van der Waals surface area contributed by atoms with Gasteiger partial charge in [0.15, 0.2) is 5.52 Å². The van der Waals surface area contributed by atoms with E-state index >= 15 is 0 Å². The van der Waals surface area contributed by atoms with Gasteiger partial charge in [0.2, 0.25) is 0 Å². The molecule has 1 unspecified atom stereocenters. The fourth-order valence-corrected chi connectivity index (χ4v) is 4.12. The van der Waals surface area contributed by atoms with E-state index in [4.69, 9.17) is 0 Å². The molecular weight excluding hydrogens is 306 g/mol. The molecule has 0 radical (unpaired) electrons. The zero-order chi connectivity index (χ0) is 16.2. The molecule has 116 valence electrons. The molecule has 3 heteroatoms. The molecule has 0 spiro atoms. The summed E-state index contributed by atoms with van der Waals surface area (Å²) in [5, 5.41) is 1.10. The van der Waals surface area contributed by atoms with Gasteiger partial charge in [-0.3, -0.25) is 4.79 Å². The van der Waals surface area contributed by atoms with Crippen LogP contribution in [0.25, 0.3) is 11.1 Å². The predicted octanol–water partition coefficient (Wildman–Crippen LogP) is 2.23. The standard InChI is InChI=1S/C21H19OP.Li.H/c1-15-9-8-10-16(2)20(15)21(22)23-19-14-7-6-13-18(19)17-11-4-3-5-12-17;;/h3-14,23H,1-2H3;;/q;+1;-1. The van der Waals surface area contributed by atoms with E-state index in [0.717, 1.165) is 33.1 Å². The fourth-order valence-electron chi connectivity index (χ4n) is 2.82. The minimum absolute atomic E-state index is 0. The van der Waals surface area contributed by atoms with Crippen molar-refractivity contribution in [2.24, 2.45) is 0 Å². The van der Waals surface area contributed by atoms with Crippen LogP contribution in [0.1, 0.15) is 22.9 Å². The number of carbonyl (C=O) groups excluding carboxylic acids is 1. The van der Waals surface area contributed by atoms with E-state index in [1.165, 1.54) is 0 Å². The molecule has 0 saturated carbocycles. The van der Waals surface area contributed by atoms with Crippen LogP contribution >= 0.6 is 8.58 Å². The Morgan fingerprint density at radius 2 is 1.38 bits per heavy atom. The third-order valence-electron chi connectivity index (χ3n) is 3.97. The van der Waals surface area contributed by atoms with Gasteiger partial charge in [0.1, 0.15) is 0 Å². The van der Waals surface area contributed by atoms with E-state index in [1.54, 1.807) is 0 Å². The number of hydrogen-bond donors (Lipinski definition) is 0. The molecule has 3 aromatic rings. The summed E-state index contributed by atoms with van der Waals surface area (Å²) >= 11 is 0. The van der Waals surface area contributed by atoms with Crippen molar-refractivity contribution in [3.05, 3.63) is 89.5 Å². The van der Waals surface area contributed by atoms with Gasteiger partial charge in [-0.2, -0.15) is 0 Å². The molecule has 0 aliphatic heterocycles. The van der Waals surface area contributed by atoms with E-state index < -0.39 is 0 Å². The molecule has 1 atom stereocenters. The van der Waals surface area contributed by atoms with Crippen molar-refractivity contribution in [2.45, 2.75) is 13.8 Å². The minimum Gasteiger partial charge on any atom is -1.00 e. The van der Waals surface area contributed by atoms with E-state index in [1.807, 2.05) is 62.4 Å². The fraction of sp³-hybridized carbons (Fsp3) is 0.0952. The van der Waals surface area contributed by atoms with Crippen molar-refractivity contribution < 1.29 is 25.1 Å². The van der Waals surface area contributed by atoms with Gasteiger partial charge >= 0.3 is 18.9 Å². The van der Waals surface area contributed by atoms with Crippen LogP contribution in [0.15, 0.2) is 72.8 Å². The van der Waals surface area contributed by atoms with Crippen LogP contribution in [0.5, 0.6) is 0 Å². The third-order valence-corrected chi connectivity index (χ3v) is 5.15. The van der Waals surface area contributed by atoms with Crippen LogP contribution in [0.3, 0.4) is 0 Å². The third kappa shape index (κ3) is 4.06. The zero-order valence-corrected chi connectivity index (χ0v) is 15.3. The van der Waals surface area contributed by atoms with Gasteiger partial charge in [0, 0.05) is 5.56 Å². The molecule has 0 amide bonds. The van der Waals surface area contributed by atoms with Crippen molar-refractivity contribution in [1.29, 1.82) is 0 Å². The van der Waals surface area contributed by atoms with E-state index in [0.29, 0.717) is 0 Å². The second-order valence-electron chi connectivity index (χ2n) is 5.63. The van der Waals surface area contributed by atoms with E-state index in [9.17, 15) is 4.79 Å². The maximum Gasteiger partial charge on any atom is 1.00 e. The van der Waals surface area contributed by atoms with Gasteiger partial charge < -0.3 is 1.43 Å². The Hall–Kier alpha value is -1.64. The molecule has 0 saturated heterocycles. The Labute approximate surface area is 158 Å². The second kappa shape index (κ2) is 8.45. The monoisotopic (exact) mass is 326 g/mol. The molecule has 0 fully saturated rings. The average molecular weight is 326 g/mol. The quantitative estimate of drug-likeness (QED) is 0.531. The van der Waals surface area contributed by atoms with Gasteiger partial charge in [-0.15, -0.1) is 0 Å². The van der Waals surface area contributed by atoms with Gasteiger partial charge in [-0.25, -0.2) is 0 Å². The van der Waals surface area contributed by atoms with E-state index in [2.05, 4.69) is 24.3 Å². The first-order chi connectivity index (χ1) is 11.2. The van der Waals surface area contributed by atoms with E-state index in [-0.39, 0.29) is 34.4 Å². The SMILES string of the molecule is Cc1cccc(C)c1C(=O)Pc1ccccc1-c1ccccc1.[H-].[Li+]. The van der Waals surface area contributed by atoms with Gasteiger partial charge in [0.25, 0.3) is 0 Å². The van der Waals surface area contributed by atoms with Crippen LogP contribution in [0.4, 0.5) is 0 Å². The Morgan fingerprint density at radius 1 is 0.792 bits per heavy atom. The van der Waals surface area contributed by atoms with Crippen LogP contribution in [-0.2, 0) is 0 Å². The number of benzene rings is 3. The minimum atomic E-state index is 0. The van der Waals surface area contributed by atoms with Gasteiger partial charge in [0.05, 0.1) is 0 Å². The van der Waals surface area contributed by atoms with Crippen LogP contribution in [0.2, 0.25) is 0 Å². The maximum absolute atomic E-state index is 12.9. The predicted molar refractivity (Wildman–Crippen MR) is 101 cm³/mol. The second-order valence-corrected chi connectivity index (χ2v) is 6.88. The summed E-state index contributed by atoms with van der Waals surface area (Å²) in [4.78, 5) is 12.9. The molecule has 0 N–H and O–H groups in total. The zero-order valence-electron chi connectivity index (χ0n) is 15.3. The normalized spacial score (nSPS) is 10.6. The summed E-state index contributed by atoms with van der Waals surface area (Å²) in [7, 11) is 0.134. The first kappa shape index (κ1) is 18.7. The van der Waals surface area contributed by atoms with Crippen LogP contribution in [-0.4, -0.2) is 5.52 Å². The Kier molecular flexibility index (Phi) is 6.58. The van der Waals surface area contributed by atoms with Crippen molar-refractivity contribution in [3.8, 4) is 11.1 Å². The smallest absolute Gasteiger partial charge is 1.00 e. The molecule has 1 nitrogen and oxygen atoms in total. The molecule has 0 aliphatic carbocycles. The van der Waals surface area contributed by atoms with Crippen LogP contribution in [0, 0.1) is 13.8 Å². The number of aryl methyl sites for hydroxylation is 2. The topological polar surface area (TPSA) is 17.1 Å². The van der Waals surface area contributed by atoms with Crippen molar-refractivity contribution in [3.63, 3.8) is 0 Å². The summed E-state index contributed by atoms with van der Waals surface area (Å²) < 4.78 is 0. The molecule has 0 bridgehead atoms. The first-order valence-electron chi connectivity index (χ1n) is 7.69. The van der Waals surface area contributed by atoms with Crippen molar-refractivity contribution in [2.75, 3.05) is 0 Å². The Bertz CT molecular complexity index is 829. The average Bonchev–Trinajstić information content (AvgIpc) is 2.56. The molecule has 24 heavy (non-hydrogen) atoms. The van der Waals surface area contributed by atoms with Gasteiger partial charge in [-0.1, -0.05) is 72.8 Å². The van der Waals surface area contributed by atoms with Crippen molar-refractivity contribution >= 4 is 19.4 Å². The largest absolute Gasteiger partial charge is 1.00 e. The summed E-state index contributed by atoms with van der Waals surface area (Å²) in [5.74, 6) is 0. The summed E-state index contributed by atoms with van der Waals surface area (Å²) in [5.41, 5.74) is 5.49. The Morgan fingerprint density at radius 3 is 2.04 bits per heavy atom. The molecule has 0 aliphatic rings. The molecule has 0 aromatic heterocycles. The Balaban J connectivity index is 0.00000156. The number of rotatable bonds is 4. The maximum atomic E-state index is 12.9. The molecular formula is C21H20LiOP. The summed E-state index contributed by atoms with van der Waals surface area (Å²) in [6.07, 6.45) is 0. The summed E-state index contributed by atoms with van der Waals surface area (Å²) in [6.45, 7) is 4.02. The first-order valence-corrected chi connectivity index (χ1v) is 8.69. The number of hydrogen-bond acceptors (Lipinski definition) is 1. The molecule has 3 rings (SSSR count). The summed E-state index contributed by atoms with van der Waals surface area (Å²) in [6, 6.07) is 24.5.